The van der Waals surface area contributed by atoms with Crippen LogP contribution in [0, 0.1) is 5.82 Å². The number of halogens is 1. The molecular formula is C12H19FN2O2S. The van der Waals surface area contributed by atoms with Crippen molar-refractivity contribution in [2.75, 3.05) is 6.54 Å². The van der Waals surface area contributed by atoms with Crippen LogP contribution in [0.15, 0.2) is 23.1 Å². The van der Waals surface area contributed by atoms with Gasteiger partial charge in [0.1, 0.15) is 5.82 Å². The quantitative estimate of drug-likeness (QED) is 0.744. The van der Waals surface area contributed by atoms with Gasteiger partial charge in [-0.3, -0.25) is 0 Å². The Labute approximate surface area is 107 Å². The van der Waals surface area contributed by atoms with Crippen molar-refractivity contribution in [3.8, 4) is 0 Å². The Morgan fingerprint density at radius 1 is 1.33 bits per heavy atom. The highest BCUT2D eigenvalue weighted by Crippen LogP contribution is 2.18. The van der Waals surface area contributed by atoms with E-state index in [9.17, 15) is 12.8 Å². The van der Waals surface area contributed by atoms with E-state index in [-0.39, 0.29) is 17.0 Å². The van der Waals surface area contributed by atoms with Crippen LogP contribution in [0.4, 0.5) is 4.39 Å². The molecule has 0 aliphatic heterocycles. The van der Waals surface area contributed by atoms with Gasteiger partial charge >= 0.3 is 0 Å². The van der Waals surface area contributed by atoms with E-state index in [0.717, 1.165) is 19.3 Å². The topological polar surface area (TPSA) is 72.2 Å². The van der Waals surface area contributed by atoms with Crippen LogP contribution in [0.25, 0.3) is 0 Å². The molecule has 0 fully saturated rings. The minimum atomic E-state index is -3.68. The van der Waals surface area contributed by atoms with Crippen LogP contribution in [0.2, 0.25) is 0 Å². The van der Waals surface area contributed by atoms with Crippen LogP contribution in [0.1, 0.15) is 31.7 Å². The Kier molecular flexibility index (Phi) is 5.71. The molecule has 0 atom stereocenters. The Bertz CT molecular complexity index is 489. The minimum Gasteiger partial charge on any atom is -0.326 e. The molecule has 102 valence electrons. The smallest absolute Gasteiger partial charge is 0.240 e. The SMILES string of the molecule is CCCCCNS(=O)(=O)c1cccc(F)c1CN. The second-order valence-corrected chi connectivity index (χ2v) is 5.76. The summed E-state index contributed by atoms with van der Waals surface area (Å²) in [5.74, 6) is -0.589. The molecule has 0 amide bonds. The summed E-state index contributed by atoms with van der Waals surface area (Å²) in [5, 5.41) is 0. The molecule has 1 aromatic rings. The molecule has 3 N–H and O–H groups in total. The second-order valence-electron chi connectivity index (χ2n) is 4.03. The fourth-order valence-electron chi connectivity index (χ4n) is 1.65. The first-order chi connectivity index (χ1) is 8.53. The van der Waals surface area contributed by atoms with Crippen molar-refractivity contribution in [3.63, 3.8) is 0 Å². The molecule has 1 aromatic carbocycles. The van der Waals surface area contributed by atoms with E-state index in [1.54, 1.807) is 0 Å². The van der Waals surface area contributed by atoms with Gasteiger partial charge in [-0.05, 0) is 18.6 Å². The summed E-state index contributed by atoms with van der Waals surface area (Å²) in [6.07, 6.45) is 2.73. The van der Waals surface area contributed by atoms with Crippen LogP contribution < -0.4 is 10.5 Å². The highest BCUT2D eigenvalue weighted by Gasteiger charge is 2.19. The van der Waals surface area contributed by atoms with Crippen molar-refractivity contribution in [2.45, 2.75) is 37.6 Å². The van der Waals surface area contributed by atoms with Crippen LogP contribution in [-0.4, -0.2) is 15.0 Å². The molecular weight excluding hydrogens is 255 g/mol. The summed E-state index contributed by atoms with van der Waals surface area (Å²) in [7, 11) is -3.68. The average molecular weight is 274 g/mol. The van der Waals surface area contributed by atoms with Gasteiger partial charge in [0.05, 0.1) is 4.90 Å². The Morgan fingerprint density at radius 2 is 2.06 bits per heavy atom. The van der Waals surface area contributed by atoms with E-state index in [1.807, 2.05) is 6.92 Å². The van der Waals surface area contributed by atoms with Crippen molar-refractivity contribution in [3.05, 3.63) is 29.6 Å². The first kappa shape index (κ1) is 15.1. The fourth-order valence-corrected chi connectivity index (χ4v) is 2.98. The van der Waals surface area contributed by atoms with Gasteiger partial charge in [-0.1, -0.05) is 25.8 Å². The van der Waals surface area contributed by atoms with E-state index >= 15 is 0 Å². The van der Waals surface area contributed by atoms with Gasteiger partial charge in [-0.25, -0.2) is 17.5 Å². The van der Waals surface area contributed by atoms with Gasteiger partial charge in [-0.2, -0.15) is 0 Å². The normalized spacial score (nSPS) is 11.7. The molecule has 6 heteroatoms. The first-order valence-corrected chi connectivity index (χ1v) is 7.48. The van der Waals surface area contributed by atoms with E-state index in [4.69, 9.17) is 5.73 Å². The zero-order valence-corrected chi connectivity index (χ0v) is 11.3. The zero-order valence-electron chi connectivity index (χ0n) is 10.4. The number of rotatable bonds is 7. The molecule has 0 radical (unpaired) electrons. The third-order valence-corrected chi connectivity index (χ3v) is 4.19. The van der Waals surface area contributed by atoms with Gasteiger partial charge in [0, 0.05) is 18.7 Å². The van der Waals surface area contributed by atoms with Crippen molar-refractivity contribution >= 4 is 10.0 Å². The lowest BCUT2D eigenvalue weighted by Crippen LogP contribution is -2.26. The Morgan fingerprint density at radius 3 is 2.67 bits per heavy atom. The molecule has 0 saturated carbocycles. The summed E-state index contributed by atoms with van der Waals surface area (Å²) in [6.45, 7) is 2.25. The molecule has 0 aliphatic carbocycles. The maximum absolute atomic E-state index is 13.5. The van der Waals surface area contributed by atoms with Crippen molar-refractivity contribution < 1.29 is 12.8 Å². The number of hydrogen-bond acceptors (Lipinski definition) is 3. The minimum absolute atomic E-state index is 0.0282. The molecule has 0 spiro atoms. The fraction of sp³-hybridized carbons (Fsp3) is 0.500. The Hall–Kier alpha value is -0.980. The summed E-state index contributed by atoms with van der Waals surface area (Å²) in [4.78, 5) is -0.0681. The standard InChI is InChI=1S/C12H19FN2O2S/c1-2-3-4-8-15-18(16,17)12-7-5-6-11(13)10(12)9-14/h5-7,15H,2-4,8-9,14H2,1H3. The number of nitrogens with two attached hydrogens (primary N) is 1. The highest BCUT2D eigenvalue weighted by molar-refractivity contribution is 7.89. The van der Waals surface area contributed by atoms with Gasteiger partial charge in [0.2, 0.25) is 10.0 Å². The third kappa shape index (κ3) is 3.76. The van der Waals surface area contributed by atoms with Crippen LogP contribution in [0.5, 0.6) is 0 Å². The zero-order chi connectivity index (χ0) is 13.6. The molecule has 0 saturated heterocycles. The molecule has 0 heterocycles. The first-order valence-electron chi connectivity index (χ1n) is 6.00. The summed E-state index contributed by atoms with van der Waals surface area (Å²) in [6, 6.07) is 3.95. The highest BCUT2D eigenvalue weighted by atomic mass is 32.2. The van der Waals surface area contributed by atoms with Crippen molar-refractivity contribution in [1.82, 2.24) is 4.72 Å². The molecule has 4 nitrogen and oxygen atoms in total. The van der Waals surface area contributed by atoms with E-state index in [2.05, 4.69) is 4.72 Å². The van der Waals surface area contributed by atoms with Crippen LogP contribution >= 0.6 is 0 Å². The molecule has 0 bridgehead atoms. The predicted molar refractivity (Wildman–Crippen MR) is 69.0 cm³/mol. The van der Waals surface area contributed by atoms with E-state index < -0.39 is 15.8 Å². The lowest BCUT2D eigenvalue weighted by atomic mass is 10.2. The van der Waals surface area contributed by atoms with Gasteiger partial charge in [0.25, 0.3) is 0 Å². The maximum atomic E-state index is 13.5. The summed E-state index contributed by atoms with van der Waals surface area (Å²) < 4.78 is 39.9. The number of benzene rings is 1. The summed E-state index contributed by atoms with van der Waals surface area (Å²) >= 11 is 0. The van der Waals surface area contributed by atoms with Crippen molar-refractivity contribution in [2.24, 2.45) is 5.73 Å². The molecule has 0 unspecified atom stereocenters. The lowest BCUT2D eigenvalue weighted by molar-refractivity contribution is 0.567. The average Bonchev–Trinajstić information content (AvgIpc) is 2.34. The van der Waals surface area contributed by atoms with Crippen LogP contribution in [-0.2, 0) is 16.6 Å². The molecule has 0 aromatic heterocycles. The number of sulfonamides is 1. The molecule has 18 heavy (non-hydrogen) atoms. The molecule has 0 aliphatic rings. The summed E-state index contributed by atoms with van der Waals surface area (Å²) in [5.41, 5.74) is 5.42. The largest absolute Gasteiger partial charge is 0.326 e. The maximum Gasteiger partial charge on any atom is 0.240 e. The van der Waals surface area contributed by atoms with Gasteiger partial charge < -0.3 is 5.73 Å². The monoisotopic (exact) mass is 274 g/mol. The van der Waals surface area contributed by atoms with E-state index in [0.29, 0.717) is 6.54 Å². The van der Waals surface area contributed by atoms with Gasteiger partial charge in [-0.15, -0.1) is 0 Å². The lowest BCUT2D eigenvalue weighted by Gasteiger charge is -2.10. The van der Waals surface area contributed by atoms with E-state index in [1.165, 1.54) is 18.2 Å². The Balaban J connectivity index is 2.88. The third-order valence-electron chi connectivity index (χ3n) is 2.64. The van der Waals surface area contributed by atoms with Crippen LogP contribution in [0.3, 0.4) is 0 Å². The number of nitrogens with one attached hydrogen (secondary N) is 1. The van der Waals surface area contributed by atoms with Gasteiger partial charge in [0.15, 0.2) is 0 Å². The van der Waals surface area contributed by atoms with Crippen molar-refractivity contribution in [1.29, 1.82) is 0 Å². The predicted octanol–water partition coefficient (Wildman–Crippen LogP) is 1.75. The number of hydrogen-bond donors (Lipinski definition) is 2. The molecule has 1 rings (SSSR count). The number of unbranched alkanes of at least 4 members (excludes halogenated alkanes) is 2. The second kappa shape index (κ2) is 6.82.